The molecular weight excluding hydrogens is 371 g/mol. The highest BCUT2D eigenvalue weighted by Gasteiger charge is 2.37. The molecule has 0 unspecified atom stereocenters. The third-order valence-corrected chi connectivity index (χ3v) is 5.29. The molecule has 5 nitrogen and oxygen atoms in total. The van der Waals surface area contributed by atoms with E-state index in [4.69, 9.17) is 23.2 Å². The van der Waals surface area contributed by atoms with Gasteiger partial charge in [-0.3, -0.25) is 19.3 Å². The van der Waals surface area contributed by atoms with Gasteiger partial charge in [0.1, 0.15) is 6.54 Å². The lowest BCUT2D eigenvalue weighted by atomic mass is 10.1. The molecule has 2 aromatic rings. The molecule has 0 N–H and O–H groups in total. The molecule has 2 heterocycles. The van der Waals surface area contributed by atoms with Crippen molar-refractivity contribution in [2.75, 3.05) is 13.6 Å². The average Bonchev–Trinajstić information content (AvgIpc) is 3.12. The van der Waals surface area contributed by atoms with Crippen LogP contribution in [0.25, 0.3) is 0 Å². The number of carbonyl (C=O) groups excluding carboxylic acids is 3. The number of amides is 3. The predicted molar refractivity (Wildman–Crippen MR) is 92.6 cm³/mol. The normalized spacial score (nSPS) is 13.4. The Hall–Kier alpha value is -1.89. The molecule has 1 aliphatic rings. The number of fused-ring (bicyclic) bond motifs is 1. The fraction of sp³-hybridized carbons (Fsp3) is 0.188. The van der Waals surface area contributed by atoms with Crippen molar-refractivity contribution < 1.29 is 14.4 Å². The highest BCUT2D eigenvalue weighted by atomic mass is 35.5. The van der Waals surface area contributed by atoms with Crippen LogP contribution >= 0.6 is 34.5 Å². The molecule has 0 bridgehead atoms. The van der Waals surface area contributed by atoms with Gasteiger partial charge in [-0.05, 0) is 23.6 Å². The lowest BCUT2D eigenvalue weighted by Crippen LogP contribution is -2.40. The number of thiophene rings is 1. The van der Waals surface area contributed by atoms with Crippen LogP contribution in [0.2, 0.25) is 10.0 Å². The first-order chi connectivity index (χ1) is 11.4. The van der Waals surface area contributed by atoms with E-state index < -0.39 is 11.8 Å². The molecule has 1 aromatic carbocycles. The van der Waals surface area contributed by atoms with Gasteiger partial charge in [0.15, 0.2) is 0 Å². The Morgan fingerprint density at radius 2 is 1.75 bits per heavy atom. The zero-order valence-electron chi connectivity index (χ0n) is 12.6. The smallest absolute Gasteiger partial charge is 0.262 e. The number of rotatable bonds is 4. The van der Waals surface area contributed by atoms with Gasteiger partial charge in [0.2, 0.25) is 5.91 Å². The highest BCUT2D eigenvalue weighted by molar-refractivity contribution is 7.09. The molecule has 1 aromatic heterocycles. The maximum absolute atomic E-state index is 12.4. The van der Waals surface area contributed by atoms with Gasteiger partial charge < -0.3 is 4.90 Å². The largest absolute Gasteiger partial charge is 0.339 e. The lowest BCUT2D eigenvalue weighted by molar-refractivity contribution is -0.130. The molecular formula is C16H12Cl2N2O3S. The molecule has 0 atom stereocenters. The Morgan fingerprint density at radius 3 is 2.25 bits per heavy atom. The Labute approximate surface area is 152 Å². The number of benzene rings is 1. The minimum Gasteiger partial charge on any atom is -0.339 e. The summed E-state index contributed by atoms with van der Waals surface area (Å²) in [6.45, 7) is 0.112. The van der Waals surface area contributed by atoms with Crippen LogP contribution in [0.5, 0.6) is 0 Å². The van der Waals surface area contributed by atoms with Gasteiger partial charge in [-0.25, -0.2) is 0 Å². The van der Waals surface area contributed by atoms with E-state index in [0.717, 1.165) is 9.78 Å². The van der Waals surface area contributed by atoms with Crippen molar-refractivity contribution in [2.24, 2.45) is 0 Å². The van der Waals surface area contributed by atoms with Crippen molar-refractivity contribution in [3.63, 3.8) is 0 Å². The summed E-state index contributed by atoms with van der Waals surface area (Å²) in [7, 11) is 1.63. The molecule has 1 aliphatic heterocycles. The van der Waals surface area contributed by atoms with Crippen molar-refractivity contribution in [3.8, 4) is 0 Å². The second-order valence-corrected chi connectivity index (χ2v) is 7.18. The summed E-state index contributed by atoms with van der Waals surface area (Å²) in [5.41, 5.74) is 0.339. The maximum atomic E-state index is 12.4. The Balaban J connectivity index is 1.75. The molecule has 0 aliphatic carbocycles. The fourth-order valence-corrected chi connectivity index (χ4v) is 3.49. The third-order valence-electron chi connectivity index (χ3n) is 3.70. The van der Waals surface area contributed by atoms with E-state index >= 15 is 0 Å². The fourth-order valence-electron chi connectivity index (χ4n) is 2.41. The number of halogens is 2. The number of nitrogens with zero attached hydrogens (tertiary/aromatic N) is 2. The summed E-state index contributed by atoms with van der Waals surface area (Å²) in [6, 6.07) is 6.54. The quantitative estimate of drug-likeness (QED) is 0.762. The zero-order chi connectivity index (χ0) is 17.4. The first-order valence-electron chi connectivity index (χ1n) is 7.00. The van der Waals surface area contributed by atoms with Gasteiger partial charge in [-0.1, -0.05) is 29.3 Å². The van der Waals surface area contributed by atoms with Gasteiger partial charge >= 0.3 is 0 Å². The van der Waals surface area contributed by atoms with Crippen molar-refractivity contribution in [2.45, 2.75) is 6.54 Å². The van der Waals surface area contributed by atoms with Crippen molar-refractivity contribution in [1.82, 2.24) is 9.80 Å². The molecule has 0 fully saturated rings. The van der Waals surface area contributed by atoms with E-state index in [1.165, 1.54) is 28.4 Å². The van der Waals surface area contributed by atoms with Crippen LogP contribution in [0.3, 0.4) is 0 Å². The Morgan fingerprint density at radius 1 is 1.17 bits per heavy atom. The van der Waals surface area contributed by atoms with E-state index in [-0.39, 0.29) is 33.6 Å². The predicted octanol–water partition coefficient (Wildman–Crippen LogP) is 3.31. The standard InChI is InChI=1S/C16H12Cl2N2O3S/c1-19(7-9-3-2-4-24-9)14(21)8-20-15(22)10-5-12(17)13(18)6-11(10)16(20)23/h2-6H,7-8H2,1H3. The van der Waals surface area contributed by atoms with Crippen LogP contribution in [0, 0.1) is 0 Å². The average molecular weight is 383 g/mol. The molecule has 3 amide bonds. The summed E-state index contributed by atoms with van der Waals surface area (Å²) in [6.07, 6.45) is 0. The minimum absolute atomic E-state index is 0.170. The number of hydrogen-bond donors (Lipinski definition) is 0. The molecule has 124 valence electrons. The van der Waals surface area contributed by atoms with Crippen molar-refractivity contribution in [3.05, 3.63) is 55.7 Å². The molecule has 24 heavy (non-hydrogen) atoms. The first kappa shape index (κ1) is 17.0. The molecule has 0 spiro atoms. The summed E-state index contributed by atoms with van der Waals surface area (Å²) < 4.78 is 0. The van der Waals surface area contributed by atoms with E-state index in [0.29, 0.717) is 6.54 Å². The van der Waals surface area contributed by atoms with Crippen molar-refractivity contribution in [1.29, 1.82) is 0 Å². The second kappa shape index (κ2) is 6.55. The molecule has 0 radical (unpaired) electrons. The topological polar surface area (TPSA) is 57.7 Å². The third kappa shape index (κ3) is 3.05. The molecule has 3 rings (SSSR count). The van der Waals surface area contributed by atoms with E-state index in [1.807, 2.05) is 17.5 Å². The van der Waals surface area contributed by atoms with E-state index in [2.05, 4.69) is 0 Å². The summed E-state index contributed by atoms with van der Waals surface area (Å²) in [5, 5.41) is 2.31. The van der Waals surface area contributed by atoms with Gasteiger partial charge in [-0.2, -0.15) is 0 Å². The van der Waals surface area contributed by atoms with E-state index in [1.54, 1.807) is 7.05 Å². The van der Waals surface area contributed by atoms with Crippen LogP contribution in [0.1, 0.15) is 25.6 Å². The Bertz CT molecular complexity index is 795. The Kier molecular flexibility index (Phi) is 4.62. The summed E-state index contributed by atoms with van der Waals surface area (Å²) >= 11 is 13.3. The molecule has 0 saturated heterocycles. The van der Waals surface area contributed by atoms with Gasteiger partial charge in [-0.15, -0.1) is 11.3 Å². The number of imide groups is 1. The molecule has 0 saturated carbocycles. The second-order valence-electron chi connectivity index (χ2n) is 5.34. The van der Waals surface area contributed by atoms with Crippen LogP contribution in [-0.4, -0.2) is 41.1 Å². The van der Waals surface area contributed by atoms with Crippen LogP contribution in [0.4, 0.5) is 0 Å². The monoisotopic (exact) mass is 382 g/mol. The molecule has 8 heteroatoms. The SMILES string of the molecule is CN(Cc1cccs1)C(=O)CN1C(=O)c2cc(Cl)c(Cl)cc2C1=O. The number of carbonyl (C=O) groups is 3. The van der Waals surface area contributed by atoms with E-state index in [9.17, 15) is 14.4 Å². The summed E-state index contributed by atoms with van der Waals surface area (Å²) in [4.78, 5) is 40.5. The first-order valence-corrected chi connectivity index (χ1v) is 8.63. The number of hydrogen-bond acceptors (Lipinski definition) is 4. The summed E-state index contributed by atoms with van der Waals surface area (Å²) in [5.74, 6) is -1.40. The van der Waals surface area contributed by atoms with Crippen molar-refractivity contribution >= 4 is 52.3 Å². The zero-order valence-corrected chi connectivity index (χ0v) is 14.9. The lowest BCUT2D eigenvalue weighted by Gasteiger charge is -2.20. The number of likely N-dealkylation sites (N-methyl/N-ethyl adjacent to an activating group) is 1. The van der Waals surface area contributed by atoms with Crippen LogP contribution in [0.15, 0.2) is 29.6 Å². The maximum Gasteiger partial charge on any atom is 0.262 e. The van der Waals surface area contributed by atoms with Gasteiger partial charge in [0.05, 0.1) is 27.7 Å². The van der Waals surface area contributed by atoms with Crippen LogP contribution in [-0.2, 0) is 11.3 Å². The minimum atomic E-state index is -0.536. The van der Waals surface area contributed by atoms with Gasteiger partial charge in [0, 0.05) is 11.9 Å². The highest BCUT2D eigenvalue weighted by Crippen LogP contribution is 2.31. The van der Waals surface area contributed by atoms with Crippen LogP contribution < -0.4 is 0 Å². The van der Waals surface area contributed by atoms with Gasteiger partial charge in [0.25, 0.3) is 11.8 Å².